The van der Waals surface area contributed by atoms with Crippen LogP contribution in [0.1, 0.15) is 13.3 Å². The summed E-state index contributed by atoms with van der Waals surface area (Å²) in [7, 11) is 0. The van der Waals surface area contributed by atoms with Crippen LogP contribution in [0.3, 0.4) is 0 Å². The molecule has 2 N–H and O–H groups in total. The van der Waals surface area contributed by atoms with Gasteiger partial charge < -0.3 is 10.4 Å². The summed E-state index contributed by atoms with van der Waals surface area (Å²) in [6.45, 7) is 1.37. The molecular weight excluding hydrogens is 199 g/mol. The third kappa shape index (κ3) is 2.87. The van der Waals surface area contributed by atoms with E-state index in [9.17, 15) is 18.0 Å². The first-order valence-corrected chi connectivity index (χ1v) is 4.35. The van der Waals surface area contributed by atoms with Crippen molar-refractivity contribution in [3.8, 4) is 0 Å². The molecule has 14 heavy (non-hydrogen) atoms. The van der Waals surface area contributed by atoms with Gasteiger partial charge >= 0.3 is 12.1 Å². The van der Waals surface area contributed by atoms with Gasteiger partial charge in [0.1, 0.15) is 0 Å². The predicted octanol–water partition coefficient (Wildman–Crippen LogP) is 1.25. The molecule has 0 spiro atoms. The summed E-state index contributed by atoms with van der Waals surface area (Å²) in [5.74, 6) is -3.76. The number of alkyl halides is 3. The molecule has 0 amide bonds. The Morgan fingerprint density at radius 3 is 2.43 bits per heavy atom. The van der Waals surface area contributed by atoms with Crippen molar-refractivity contribution >= 4 is 5.97 Å². The molecule has 3 atom stereocenters. The van der Waals surface area contributed by atoms with Crippen LogP contribution < -0.4 is 5.32 Å². The molecule has 6 heteroatoms. The van der Waals surface area contributed by atoms with Crippen LogP contribution in [0.15, 0.2) is 0 Å². The van der Waals surface area contributed by atoms with Gasteiger partial charge in [-0.25, -0.2) is 0 Å². The summed E-state index contributed by atoms with van der Waals surface area (Å²) >= 11 is 0. The molecule has 1 rings (SSSR count). The van der Waals surface area contributed by atoms with E-state index in [4.69, 9.17) is 5.11 Å². The quantitative estimate of drug-likeness (QED) is 0.735. The number of hydrogen-bond donors (Lipinski definition) is 2. The molecule has 1 fully saturated rings. The second kappa shape index (κ2) is 3.76. The molecule has 1 aliphatic rings. The summed E-state index contributed by atoms with van der Waals surface area (Å²) in [4.78, 5) is 10.3. The smallest absolute Gasteiger partial charge is 0.403 e. The maximum absolute atomic E-state index is 12.1. The standard InChI is InChI=1S/C8H12F3NO2/c1-4-2-6(4)12-3-5(7(13)14)8(9,10)11/h4-6,12H,2-3H2,1H3,(H,13,14). The van der Waals surface area contributed by atoms with E-state index < -0.39 is 24.6 Å². The highest BCUT2D eigenvalue weighted by Crippen LogP contribution is 2.31. The van der Waals surface area contributed by atoms with Crippen LogP contribution in [0, 0.1) is 11.8 Å². The third-order valence-corrected chi connectivity index (χ3v) is 2.39. The minimum atomic E-state index is -4.67. The maximum atomic E-state index is 12.1. The fraction of sp³-hybridized carbons (Fsp3) is 0.875. The molecule has 0 bridgehead atoms. The van der Waals surface area contributed by atoms with Crippen LogP contribution in [0.4, 0.5) is 13.2 Å². The lowest BCUT2D eigenvalue weighted by atomic mass is 10.1. The number of carboxylic acid groups (broad SMARTS) is 1. The number of carbonyl (C=O) groups is 1. The number of carboxylic acids is 1. The van der Waals surface area contributed by atoms with Gasteiger partial charge in [0.2, 0.25) is 0 Å². The summed E-state index contributed by atoms with van der Waals surface area (Å²) in [5, 5.41) is 10.9. The number of nitrogens with one attached hydrogen (secondary N) is 1. The van der Waals surface area contributed by atoms with Crippen LogP contribution >= 0.6 is 0 Å². The molecule has 1 aliphatic carbocycles. The Balaban J connectivity index is 2.40. The van der Waals surface area contributed by atoms with Gasteiger partial charge in [-0.05, 0) is 12.3 Å². The van der Waals surface area contributed by atoms with Gasteiger partial charge in [-0.15, -0.1) is 0 Å². The van der Waals surface area contributed by atoms with E-state index >= 15 is 0 Å². The van der Waals surface area contributed by atoms with Crippen molar-refractivity contribution in [1.29, 1.82) is 0 Å². The lowest BCUT2D eigenvalue weighted by Gasteiger charge is -2.16. The Bertz CT molecular complexity index is 229. The van der Waals surface area contributed by atoms with Crippen molar-refractivity contribution in [2.75, 3.05) is 6.54 Å². The second-order valence-electron chi connectivity index (χ2n) is 3.66. The highest BCUT2D eigenvalue weighted by molar-refractivity contribution is 5.71. The van der Waals surface area contributed by atoms with E-state index in [1.165, 1.54) is 0 Å². The Kier molecular flexibility index (Phi) is 3.04. The Labute approximate surface area is 79.3 Å². The summed E-state index contributed by atoms with van der Waals surface area (Å²) < 4.78 is 36.4. The van der Waals surface area contributed by atoms with Gasteiger partial charge in [0.25, 0.3) is 0 Å². The Hall–Kier alpha value is -0.780. The molecule has 3 nitrogen and oxygen atoms in total. The largest absolute Gasteiger partial charge is 0.481 e. The number of rotatable bonds is 4. The molecule has 1 saturated carbocycles. The van der Waals surface area contributed by atoms with Crippen molar-refractivity contribution in [2.45, 2.75) is 25.6 Å². The van der Waals surface area contributed by atoms with Gasteiger partial charge in [-0.2, -0.15) is 13.2 Å². The summed E-state index contributed by atoms with van der Waals surface area (Å²) in [6.07, 6.45) is -3.85. The van der Waals surface area contributed by atoms with E-state index in [0.717, 1.165) is 6.42 Å². The number of aliphatic carboxylic acids is 1. The SMILES string of the molecule is CC1CC1NCC(C(=O)O)C(F)(F)F. The minimum absolute atomic E-state index is 0.0548. The monoisotopic (exact) mass is 211 g/mol. The minimum Gasteiger partial charge on any atom is -0.481 e. The molecule has 0 aromatic heterocycles. The van der Waals surface area contributed by atoms with Crippen LogP contribution in [-0.2, 0) is 4.79 Å². The van der Waals surface area contributed by atoms with Gasteiger partial charge in [0, 0.05) is 12.6 Å². The first-order chi connectivity index (χ1) is 6.32. The zero-order valence-corrected chi connectivity index (χ0v) is 7.64. The average molecular weight is 211 g/mol. The van der Waals surface area contributed by atoms with E-state index in [-0.39, 0.29) is 6.04 Å². The van der Waals surface area contributed by atoms with Crippen LogP contribution in [0.5, 0.6) is 0 Å². The van der Waals surface area contributed by atoms with Gasteiger partial charge in [0.15, 0.2) is 5.92 Å². The fourth-order valence-corrected chi connectivity index (χ4v) is 1.22. The molecule has 0 radical (unpaired) electrons. The first-order valence-electron chi connectivity index (χ1n) is 4.35. The molecule has 0 saturated heterocycles. The van der Waals surface area contributed by atoms with Crippen LogP contribution in [-0.4, -0.2) is 29.8 Å². The molecular formula is C8H12F3NO2. The molecule has 0 heterocycles. The van der Waals surface area contributed by atoms with E-state index in [1.54, 1.807) is 0 Å². The molecule has 0 aromatic carbocycles. The molecule has 0 aromatic rings. The molecule has 82 valence electrons. The van der Waals surface area contributed by atoms with Gasteiger partial charge in [-0.3, -0.25) is 4.79 Å². The second-order valence-corrected chi connectivity index (χ2v) is 3.66. The zero-order chi connectivity index (χ0) is 10.9. The van der Waals surface area contributed by atoms with Gasteiger partial charge in [-0.1, -0.05) is 6.92 Å². The van der Waals surface area contributed by atoms with Gasteiger partial charge in [0.05, 0.1) is 0 Å². The number of halogens is 3. The average Bonchev–Trinajstić information content (AvgIpc) is 2.62. The summed E-state index contributed by atoms with van der Waals surface area (Å²) in [6, 6.07) is 0.0548. The van der Waals surface area contributed by atoms with Crippen molar-refractivity contribution in [1.82, 2.24) is 5.32 Å². The lowest BCUT2D eigenvalue weighted by Crippen LogP contribution is -2.40. The number of hydrogen-bond acceptors (Lipinski definition) is 2. The zero-order valence-electron chi connectivity index (χ0n) is 7.64. The van der Waals surface area contributed by atoms with Crippen molar-refractivity contribution in [3.63, 3.8) is 0 Å². The third-order valence-electron chi connectivity index (χ3n) is 2.39. The molecule has 3 unspecified atom stereocenters. The van der Waals surface area contributed by atoms with Crippen molar-refractivity contribution in [2.24, 2.45) is 11.8 Å². The maximum Gasteiger partial charge on any atom is 0.403 e. The normalized spacial score (nSPS) is 28.6. The lowest BCUT2D eigenvalue weighted by molar-refractivity contribution is -0.192. The topological polar surface area (TPSA) is 49.3 Å². The highest BCUT2D eigenvalue weighted by Gasteiger charge is 2.46. The fourth-order valence-electron chi connectivity index (χ4n) is 1.22. The summed E-state index contributed by atoms with van der Waals surface area (Å²) in [5.41, 5.74) is 0. The highest BCUT2D eigenvalue weighted by atomic mass is 19.4. The predicted molar refractivity (Wildman–Crippen MR) is 42.8 cm³/mol. The van der Waals surface area contributed by atoms with E-state index in [0.29, 0.717) is 5.92 Å². The Morgan fingerprint density at radius 1 is 1.64 bits per heavy atom. The molecule has 0 aliphatic heterocycles. The first kappa shape index (κ1) is 11.3. The Morgan fingerprint density at radius 2 is 2.14 bits per heavy atom. The van der Waals surface area contributed by atoms with Crippen LogP contribution in [0.2, 0.25) is 0 Å². The van der Waals surface area contributed by atoms with Crippen molar-refractivity contribution in [3.05, 3.63) is 0 Å². The van der Waals surface area contributed by atoms with Crippen LogP contribution in [0.25, 0.3) is 0 Å². The van der Waals surface area contributed by atoms with Crippen molar-refractivity contribution < 1.29 is 23.1 Å². The van der Waals surface area contributed by atoms with E-state index in [1.807, 2.05) is 6.92 Å². The van der Waals surface area contributed by atoms with E-state index in [2.05, 4.69) is 5.32 Å².